The van der Waals surface area contributed by atoms with E-state index in [1.54, 1.807) is 0 Å². The van der Waals surface area contributed by atoms with Gasteiger partial charge in [-0.25, -0.2) is 0 Å². The molecule has 0 aliphatic carbocycles. The number of likely N-dealkylation sites (tertiary alicyclic amines) is 1. The Labute approximate surface area is 143 Å². The highest BCUT2D eigenvalue weighted by Crippen LogP contribution is 2.26. The van der Waals surface area contributed by atoms with Crippen LogP contribution in [0.5, 0.6) is 0 Å². The maximum atomic E-state index is 12.7. The minimum Gasteiger partial charge on any atom is -0.361 e. The fraction of sp³-hybridized carbons (Fsp3) is 0.550. The summed E-state index contributed by atoms with van der Waals surface area (Å²) in [5.74, 6) is 0.973. The van der Waals surface area contributed by atoms with Crippen LogP contribution in [0.1, 0.15) is 37.7 Å². The second kappa shape index (κ2) is 6.98. The first-order chi connectivity index (χ1) is 11.8. The zero-order valence-electron chi connectivity index (χ0n) is 14.3. The Morgan fingerprint density at radius 3 is 3.08 bits per heavy atom. The molecule has 2 atom stereocenters. The summed E-state index contributed by atoms with van der Waals surface area (Å²) in [5, 5.41) is 4.92. The standard InChI is InChI=1S/C20H27N3O/c24-20(9-8-15-13-22-19-7-2-1-6-17(15)19)23-12-10-18-16(14-23)5-3-4-11-21-18/h1-2,6-7,13,16,18,21-22H,3-5,8-12,14H2/t16-,18-/m1/s1. The number of hydrogen-bond donors (Lipinski definition) is 2. The van der Waals surface area contributed by atoms with E-state index in [2.05, 4.69) is 39.6 Å². The van der Waals surface area contributed by atoms with Crippen LogP contribution in [0.15, 0.2) is 30.5 Å². The molecular weight excluding hydrogens is 298 g/mol. The highest BCUT2D eigenvalue weighted by atomic mass is 16.2. The largest absolute Gasteiger partial charge is 0.361 e. The molecule has 0 bridgehead atoms. The molecule has 2 saturated heterocycles. The van der Waals surface area contributed by atoms with Gasteiger partial charge in [0.15, 0.2) is 0 Å². The molecule has 4 nitrogen and oxygen atoms in total. The Kier molecular flexibility index (Phi) is 4.56. The molecule has 0 radical (unpaired) electrons. The number of carbonyl (C=O) groups is 1. The Hall–Kier alpha value is -1.81. The molecule has 2 N–H and O–H groups in total. The van der Waals surface area contributed by atoms with Gasteiger partial charge in [-0.3, -0.25) is 4.79 Å². The van der Waals surface area contributed by atoms with Crippen molar-refractivity contribution in [3.8, 4) is 0 Å². The van der Waals surface area contributed by atoms with Crippen molar-refractivity contribution >= 4 is 16.8 Å². The lowest BCUT2D eigenvalue weighted by Gasteiger charge is -2.38. The normalized spacial score (nSPS) is 24.6. The first-order valence-corrected chi connectivity index (χ1v) is 9.37. The van der Waals surface area contributed by atoms with Gasteiger partial charge in [0.25, 0.3) is 0 Å². The molecule has 3 heterocycles. The van der Waals surface area contributed by atoms with Gasteiger partial charge in [-0.2, -0.15) is 0 Å². The molecule has 4 heteroatoms. The number of amides is 1. The quantitative estimate of drug-likeness (QED) is 0.911. The number of fused-ring (bicyclic) bond motifs is 2. The average Bonchev–Trinajstić information content (AvgIpc) is 2.88. The number of piperidine rings is 1. The molecule has 4 rings (SSSR count). The second-order valence-corrected chi connectivity index (χ2v) is 7.30. The lowest BCUT2D eigenvalue weighted by molar-refractivity contribution is -0.133. The Balaban J connectivity index is 1.36. The number of rotatable bonds is 3. The van der Waals surface area contributed by atoms with Gasteiger partial charge in [0.1, 0.15) is 0 Å². The zero-order valence-corrected chi connectivity index (χ0v) is 14.3. The number of carbonyl (C=O) groups excluding carboxylic acids is 1. The fourth-order valence-corrected chi connectivity index (χ4v) is 4.38. The number of hydrogen-bond acceptors (Lipinski definition) is 2. The summed E-state index contributed by atoms with van der Waals surface area (Å²) >= 11 is 0. The summed E-state index contributed by atoms with van der Waals surface area (Å²) in [6, 6.07) is 8.95. The molecule has 1 aromatic carbocycles. The smallest absolute Gasteiger partial charge is 0.222 e. The molecule has 2 aliphatic heterocycles. The summed E-state index contributed by atoms with van der Waals surface area (Å²) in [4.78, 5) is 18.1. The van der Waals surface area contributed by atoms with Gasteiger partial charge in [-0.1, -0.05) is 24.6 Å². The summed E-state index contributed by atoms with van der Waals surface area (Å²) in [5.41, 5.74) is 2.41. The number of H-pyrrole nitrogens is 1. The highest BCUT2D eigenvalue weighted by molar-refractivity contribution is 5.84. The maximum Gasteiger partial charge on any atom is 0.222 e. The predicted octanol–water partition coefficient (Wildman–Crippen LogP) is 3.09. The van der Waals surface area contributed by atoms with Crippen molar-refractivity contribution in [2.45, 2.75) is 44.6 Å². The van der Waals surface area contributed by atoms with Crippen molar-refractivity contribution in [3.05, 3.63) is 36.0 Å². The van der Waals surface area contributed by atoms with Gasteiger partial charge in [0.05, 0.1) is 0 Å². The van der Waals surface area contributed by atoms with E-state index in [0.717, 1.165) is 38.0 Å². The van der Waals surface area contributed by atoms with Crippen LogP contribution in [0.2, 0.25) is 0 Å². The molecule has 2 aliphatic rings. The minimum absolute atomic E-state index is 0.322. The van der Waals surface area contributed by atoms with E-state index in [1.807, 2.05) is 6.07 Å². The predicted molar refractivity (Wildman–Crippen MR) is 96.9 cm³/mol. The molecule has 2 aromatic rings. The topological polar surface area (TPSA) is 48.1 Å². The van der Waals surface area contributed by atoms with Gasteiger partial charge < -0.3 is 15.2 Å². The molecule has 0 unspecified atom stereocenters. The van der Waals surface area contributed by atoms with Crippen LogP contribution in [0.3, 0.4) is 0 Å². The summed E-state index contributed by atoms with van der Waals surface area (Å²) < 4.78 is 0. The number of benzene rings is 1. The van der Waals surface area contributed by atoms with Crippen LogP contribution in [0.4, 0.5) is 0 Å². The van der Waals surface area contributed by atoms with E-state index in [4.69, 9.17) is 0 Å². The van der Waals surface area contributed by atoms with E-state index in [0.29, 0.717) is 24.3 Å². The third-order valence-corrected chi connectivity index (χ3v) is 5.78. The van der Waals surface area contributed by atoms with Crippen molar-refractivity contribution in [1.29, 1.82) is 0 Å². The molecule has 0 saturated carbocycles. The van der Waals surface area contributed by atoms with Crippen molar-refractivity contribution in [2.24, 2.45) is 5.92 Å². The molecule has 1 amide bonds. The number of aromatic amines is 1. The second-order valence-electron chi connectivity index (χ2n) is 7.30. The van der Waals surface area contributed by atoms with Crippen LogP contribution < -0.4 is 5.32 Å². The summed E-state index contributed by atoms with van der Waals surface area (Å²) in [7, 11) is 0. The number of aryl methyl sites for hydroxylation is 1. The van der Waals surface area contributed by atoms with Crippen molar-refractivity contribution in [1.82, 2.24) is 15.2 Å². The van der Waals surface area contributed by atoms with E-state index in [9.17, 15) is 4.79 Å². The van der Waals surface area contributed by atoms with Crippen molar-refractivity contribution < 1.29 is 4.79 Å². The summed E-state index contributed by atoms with van der Waals surface area (Å²) in [6.07, 6.45) is 8.46. The van der Waals surface area contributed by atoms with Gasteiger partial charge in [0, 0.05) is 42.7 Å². The molecule has 1 aromatic heterocycles. The van der Waals surface area contributed by atoms with Gasteiger partial charge in [-0.15, -0.1) is 0 Å². The highest BCUT2D eigenvalue weighted by Gasteiger charge is 2.31. The van der Waals surface area contributed by atoms with E-state index < -0.39 is 0 Å². The van der Waals surface area contributed by atoms with E-state index in [-0.39, 0.29) is 0 Å². The van der Waals surface area contributed by atoms with Crippen LogP contribution in [-0.2, 0) is 11.2 Å². The minimum atomic E-state index is 0.322. The number of aromatic nitrogens is 1. The third kappa shape index (κ3) is 3.20. The van der Waals surface area contributed by atoms with Crippen molar-refractivity contribution in [3.63, 3.8) is 0 Å². The lowest BCUT2D eigenvalue weighted by Crippen LogP contribution is -2.50. The maximum absolute atomic E-state index is 12.7. The summed E-state index contributed by atoms with van der Waals surface area (Å²) in [6.45, 7) is 3.01. The van der Waals surface area contributed by atoms with Gasteiger partial charge >= 0.3 is 0 Å². The number of para-hydroxylation sites is 1. The molecule has 24 heavy (non-hydrogen) atoms. The fourth-order valence-electron chi connectivity index (χ4n) is 4.38. The van der Waals surface area contributed by atoms with Crippen LogP contribution in [0.25, 0.3) is 10.9 Å². The number of nitrogens with zero attached hydrogens (tertiary/aromatic N) is 1. The van der Waals surface area contributed by atoms with E-state index in [1.165, 1.54) is 30.2 Å². The SMILES string of the molecule is O=C(CCc1c[nH]c2ccccc12)N1CC[C@H]2NCCCC[C@@H]2C1. The first kappa shape index (κ1) is 15.7. The molecule has 128 valence electrons. The molecule has 0 spiro atoms. The monoisotopic (exact) mass is 325 g/mol. The Bertz CT molecular complexity index is 708. The van der Waals surface area contributed by atoms with Crippen molar-refractivity contribution in [2.75, 3.05) is 19.6 Å². The Morgan fingerprint density at radius 2 is 2.12 bits per heavy atom. The first-order valence-electron chi connectivity index (χ1n) is 9.37. The Morgan fingerprint density at radius 1 is 1.21 bits per heavy atom. The lowest BCUT2D eigenvalue weighted by atomic mass is 9.89. The van der Waals surface area contributed by atoms with E-state index >= 15 is 0 Å². The third-order valence-electron chi connectivity index (χ3n) is 5.78. The van der Waals surface area contributed by atoms with Gasteiger partial charge in [0.2, 0.25) is 5.91 Å². The van der Waals surface area contributed by atoms with Crippen LogP contribution in [-0.4, -0.2) is 41.5 Å². The van der Waals surface area contributed by atoms with Crippen LogP contribution >= 0.6 is 0 Å². The number of nitrogens with one attached hydrogen (secondary N) is 2. The molecular formula is C20H27N3O. The average molecular weight is 325 g/mol. The van der Waals surface area contributed by atoms with Crippen LogP contribution in [0, 0.1) is 5.92 Å². The zero-order chi connectivity index (χ0) is 16.4. The van der Waals surface area contributed by atoms with Gasteiger partial charge in [-0.05, 0) is 49.8 Å². The molecule has 2 fully saturated rings.